The Bertz CT molecular complexity index is 1360. The summed E-state index contributed by atoms with van der Waals surface area (Å²) in [7, 11) is 0. The Morgan fingerprint density at radius 3 is 2.65 bits per heavy atom. The lowest BCUT2D eigenvalue weighted by Gasteiger charge is -2.38. The molecule has 5 atom stereocenters. The van der Waals surface area contributed by atoms with Gasteiger partial charge in [-0.2, -0.15) is 0 Å². The van der Waals surface area contributed by atoms with E-state index < -0.39 is 23.8 Å². The molecule has 43 heavy (non-hydrogen) atoms. The van der Waals surface area contributed by atoms with E-state index in [0.717, 1.165) is 24.8 Å². The fraction of sp³-hybridized carbons (Fsp3) is 0.594. The minimum Gasteiger partial charge on any atom is -0.444 e. The van der Waals surface area contributed by atoms with E-state index in [4.69, 9.17) is 15.9 Å². The molecule has 0 radical (unpaired) electrons. The van der Waals surface area contributed by atoms with Crippen molar-refractivity contribution in [2.24, 2.45) is 0 Å². The molecule has 0 unspecified atom stereocenters. The monoisotopic (exact) mass is 590 g/mol. The van der Waals surface area contributed by atoms with Crippen LogP contribution in [0.25, 0.3) is 0 Å². The Kier molecular flexibility index (Phi) is 9.35. The van der Waals surface area contributed by atoms with E-state index in [2.05, 4.69) is 39.0 Å². The number of benzene rings is 1. The third-order valence-corrected chi connectivity index (χ3v) is 8.43. The van der Waals surface area contributed by atoms with E-state index >= 15 is 0 Å². The van der Waals surface area contributed by atoms with Crippen molar-refractivity contribution < 1.29 is 23.9 Å². The predicted octanol–water partition coefficient (Wildman–Crippen LogP) is 3.60. The Morgan fingerprint density at radius 2 is 1.86 bits per heavy atom. The van der Waals surface area contributed by atoms with Crippen molar-refractivity contribution in [2.75, 3.05) is 6.61 Å². The Morgan fingerprint density at radius 1 is 1.07 bits per heavy atom. The van der Waals surface area contributed by atoms with Crippen LogP contribution in [0.2, 0.25) is 0 Å². The quantitative estimate of drug-likeness (QED) is 0.373. The molecule has 2 fully saturated rings. The van der Waals surface area contributed by atoms with E-state index in [0.29, 0.717) is 37.8 Å². The lowest BCUT2D eigenvalue weighted by Crippen LogP contribution is -2.57. The Hall–Kier alpha value is -3.91. The molecule has 2 saturated heterocycles. The number of ether oxygens (including phenoxy) is 2. The first-order valence-electron chi connectivity index (χ1n) is 15.2. The van der Waals surface area contributed by atoms with Gasteiger partial charge in [-0.25, -0.2) is 9.48 Å². The number of terminal acetylenes is 1. The molecular formula is C32H42N6O5. The van der Waals surface area contributed by atoms with E-state index in [1.165, 1.54) is 5.56 Å². The number of aromatic nitrogens is 3. The summed E-state index contributed by atoms with van der Waals surface area (Å²) in [6.07, 6.45) is 12.1. The number of fused-ring (bicyclic) bond motifs is 2. The normalized spacial score (nSPS) is 25.5. The van der Waals surface area contributed by atoms with Crippen molar-refractivity contribution >= 4 is 17.9 Å². The molecule has 11 nitrogen and oxygen atoms in total. The van der Waals surface area contributed by atoms with Crippen molar-refractivity contribution in [3.05, 3.63) is 47.3 Å². The highest BCUT2D eigenvalue weighted by Crippen LogP contribution is 2.36. The molecule has 3 aliphatic rings. The standard InChI is InChI=1S/C32H42N6O5/c1-5-17-42-20-22-19-37(36-35-22)23-13-15-27(34-31(41)43-32(2,3)4)30(40)38-24(18-23)14-16-28(38)29(39)33-26-12-8-10-21-9-6-7-11-25(21)26/h1,6-7,9,11,19,23-24,26-28H,8,10,12-18,20H2,2-4H3,(H,33,39)(H,34,41)/t23-,24-,26-,27+,28+/m1/s1. The van der Waals surface area contributed by atoms with Gasteiger partial charge in [-0.3, -0.25) is 9.59 Å². The number of hydrogen-bond donors (Lipinski definition) is 2. The molecule has 5 rings (SSSR count). The fourth-order valence-corrected chi connectivity index (χ4v) is 6.57. The first kappa shape index (κ1) is 30.5. The highest BCUT2D eigenvalue weighted by atomic mass is 16.6. The largest absolute Gasteiger partial charge is 0.444 e. The molecule has 2 aliphatic heterocycles. The lowest BCUT2D eigenvalue weighted by molar-refractivity contribution is -0.143. The molecule has 230 valence electrons. The minimum atomic E-state index is -0.842. The molecular weight excluding hydrogens is 548 g/mol. The van der Waals surface area contributed by atoms with Crippen LogP contribution < -0.4 is 10.6 Å². The molecule has 0 spiro atoms. The first-order chi connectivity index (χ1) is 20.6. The van der Waals surface area contributed by atoms with Crippen molar-refractivity contribution in [1.82, 2.24) is 30.5 Å². The first-order valence-corrected chi connectivity index (χ1v) is 15.2. The zero-order chi connectivity index (χ0) is 30.6. The van der Waals surface area contributed by atoms with Gasteiger partial charge in [0.25, 0.3) is 0 Å². The van der Waals surface area contributed by atoms with Crippen LogP contribution in [0.3, 0.4) is 0 Å². The van der Waals surface area contributed by atoms with Gasteiger partial charge >= 0.3 is 6.09 Å². The van der Waals surface area contributed by atoms with Gasteiger partial charge in [0.2, 0.25) is 11.8 Å². The van der Waals surface area contributed by atoms with Crippen LogP contribution in [0.1, 0.15) is 94.6 Å². The molecule has 3 heterocycles. The van der Waals surface area contributed by atoms with Gasteiger partial charge in [-0.05, 0) is 83.3 Å². The van der Waals surface area contributed by atoms with Gasteiger partial charge in [0.15, 0.2) is 0 Å². The summed E-state index contributed by atoms with van der Waals surface area (Å²) in [6.45, 7) is 5.76. The number of rotatable bonds is 7. The number of hydrogen-bond acceptors (Lipinski definition) is 7. The Labute approximate surface area is 253 Å². The second-order valence-electron chi connectivity index (χ2n) is 12.7. The molecule has 0 saturated carbocycles. The molecule has 2 aromatic rings. The molecule has 1 aliphatic carbocycles. The summed E-state index contributed by atoms with van der Waals surface area (Å²) >= 11 is 0. The fourth-order valence-electron chi connectivity index (χ4n) is 6.57. The third-order valence-electron chi connectivity index (χ3n) is 8.43. The van der Waals surface area contributed by atoms with Crippen LogP contribution in [-0.4, -0.2) is 68.1 Å². The van der Waals surface area contributed by atoms with Gasteiger partial charge in [0.1, 0.15) is 30.0 Å². The summed E-state index contributed by atoms with van der Waals surface area (Å²) < 4.78 is 12.7. The van der Waals surface area contributed by atoms with E-state index in [9.17, 15) is 14.4 Å². The average Bonchev–Trinajstić information content (AvgIpc) is 3.60. The van der Waals surface area contributed by atoms with E-state index in [1.54, 1.807) is 30.4 Å². The van der Waals surface area contributed by atoms with Crippen LogP contribution in [0, 0.1) is 12.3 Å². The molecule has 1 aromatic heterocycles. The van der Waals surface area contributed by atoms with Gasteiger partial charge < -0.3 is 25.0 Å². The maximum atomic E-state index is 14.1. The third kappa shape index (κ3) is 7.36. The Balaban J connectivity index is 1.37. The second-order valence-corrected chi connectivity index (χ2v) is 12.7. The van der Waals surface area contributed by atoms with Gasteiger partial charge in [0, 0.05) is 6.04 Å². The average molecular weight is 591 g/mol. The number of carbonyl (C=O) groups is 3. The molecule has 3 amide bonds. The summed E-state index contributed by atoms with van der Waals surface area (Å²) in [4.78, 5) is 42.4. The number of nitrogens with one attached hydrogen (secondary N) is 2. The van der Waals surface area contributed by atoms with Crippen LogP contribution in [0.4, 0.5) is 4.79 Å². The highest BCUT2D eigenvalue weighted by molar-refractivity contribution is 5.92. The van der Waals surface area contributed by atoms with Crippen LogP contribution in [-0.2, 0) is 32.1 Å². The molecule has 2 N–H and O–H groups in total. The zero-order valence-corrected chi connectivity index (χ0v) is 25.3. The zero-order valence-electron chi connectivity index (χ0n) is 25.3. The van der Waals surface area contributed by atoms with E-state index in [-0.39, 0.29) is 43.2 Å². The van der Waals surface area contributed by atoms with Crippen LogP contribution in [0.15, 0.2) is 30.5 Å². The van der Waals surface area contributed by atoms with Crippen molar-refractivity contribution in [3.8, 4) is 12.3 Å². The van der Waals surface area contributed by atoms with E-state index in [1.807, 2.05) is 18.3 Å². The SMILES string of the molecule is C#CCOCc1cn([C@@H]2CC[C@H](NC(=O)OC(C)(C)C)C(=O)N3[C@H](CC[C@H]3C(=O)N[C@@H]3CCCc4ccccc43)C2)nn1. The summed E-state index contributed by atoms with van der Waals surface area (Å²) in [5, 5.41) is 14.7. The highest BCUT2D eigenvalue weighted by Gasteiger charge is 2.46. The smallest absolute Gasteiger partial charge is 0.408 e. The van der Waals surface area contributed by atoms with Crippen LogP contribution in [0.5, 0.6) is 0 Å². The predicted molar refractivity (Wildman–Crippen MR) is 158 cm³/mol. The molecule has 0 bridgehead atoms. The van der Waals surface area contributed by atoms with Gasteiger partial charge in [-0.1, -0.05) is 35.4 Å². The number of alkyl carbamates (subject to hydrolysis) is 1. The molecule has 1 aromatic carbocycles. The second kappa shape index (κ2) is 13.2. The summed E-state index contributed by atoms with van der Waals surface area (Å²) in [6, 6.07) is 6.38. The van der Waals surface area contributed by atoms with Crippen molar-refractivity contribution in [1.29, 1.82) is 0 Å². The number of nitrogens with zero attached hydrogens (tertiary/aromatic N) is 4. The lowest BCUT2D eigenvalue weighted by atomic mass is 9.87. The molecule has 11 heteroatoms. The summed E-state index contributed by atoms with van der Waals surface area (Å²) in [5.41, 5.74) is 2.34. The van der Waals surface area contributed by atoms with Gasteiger partial charge in [-0.15, -0.1) is 11.5 Å². The number of amides is 3. The maximum absolute atomic E-state index is 14.1. The maximum Gasteiger partial charge on any atom is 0.408 e. The van der Waals surface area contributed by atoms with Crippen molar-refractivity contribution in [3.63, 3.8) is 0 Å². The summed E-state index contributed by atoms with van der Waals surface area (Å²) in [5.74, 6) is 2.03. The van der Waals surface area contributed by atoms with Crippen LogP contribution >= 0.6 is 0 Å². The van der Waals surface area contributed by atoms with Gasteiger partial charge in [0.05, 0.1) is 24.9 Å². The number of aryl methyl sites for hydroxylation is 1. The minimum absolute atomic E-state index is 0.0879. The number of carbonyl (C=O) groups excluding carboxylic acids is 3. The van der Waals surface area contributed by atoms with Crippen molar-refractivity contribution in [2.45, 2.75) is 115 Å². The topological polar surface area (TPSA) is 128 Å².